The third-order valence-corrected chi connectivity index (χ3v) is 611. The molecule has 0 fully saturated rings. The molecule has 0 atom stereocenters. The number of alkyl halides is 1. The van der Waals surface area contributed by atoms with E-state index in [-0.39, 0.29) is 43.4 Å². The van der Waals surface area contributed by atoms with Gasteiger partial charge in [0.1, 0.15) is 0 Å². The van der Waals surface area contributed by atoms with Gasteiger partial charge < -0.3 is 0 Å². The van der Waals surface area contributed by atoms with Crippen LogP contribution in [0.1, 0.15) is 0 Å². The zero-order valence-corrected chi connectivity index (χ0v) is 28.9. The molecule has 84 valence electrons. The molecule has 0 aromatic rings. The summed E-state index contributed by atoms with van der Waals surface area (Å²) in [7, 11) is -1.30. The van der Waals surface area contributed by atoms with Crippen LogP contribution >= 0.6 is 155 Å². The summed E-state index contributed by atoms with van der Waals surface area (Å²) < 4.78 is 0. The van der Waals surface area contributed by atoms with Crippen LogP contribution in [0.3, 0.4) is 0 Å². The first kappa shape index (κ1) is 20.0. The van der Waals surface area contributed by atoms with E-state index in [0.717, 1.165) is 0 Å². The minimum atomic E-state index is -0.377. The number of halogens is 11. The molecule has 0 aromatic carbocycles. The Morgan fingerprint density at radius 1 is 0.667 bits per heavy atom. The molecule has 0 aliphatic carbocycles. The third kappa shape index (κ3) is 9.06. The van der Waals surface area contributed by atoms with Gasteiger partial charge in [-0.15, -0.1) is 0 Å². The normalized spacial score (nSPS) is 16.8. The molecule has 0 saturated heterocycles. The van der Waals surface area contributed by atoms with Gasteiger partial charge in [0.2, 0.25) is 0 Å². The van der Waals surface area contributed by atoms with Crippen LogP contribution in [-0.4, -0.2) is 4.93 Å². The Morgan fingerprint density at radius 2 is 1.08 bits per heavy atom. The van der Waals surface area contributed by atoms with Crippen LogP contribution in [0.5, 0.6) is 0 Å². The van der Waals surface area contributed by atoms with E-state index in [1.54, 1.807) is 0 Å². The Balaban J connectivity index is 4.08. The molecule has 0 unspecified atom stereocenters. The van der Waals surface area contributed by atoms with Crippen molar-refractivity contribution < 1.29 is 0 Å². The van der Waals surface area contributed by atoms with Crippen LogP contribution < -0.4 is 0 Å². The Labute approximate surface area is 152 Å². The van der Waals surface area contributed by atoms with E-state index < -0.39 is 0 Å². The van der Waals surface area contributed by atoms with E-state index in [1.807, 2.05) is 0 Å². The van der Waals surface area contributed by atoms with Crippen LogP contribution in [0.25, 0.3) is 0 Å². The predicted molar refractivity (Wildman–Crippen MR) is 160 cm³/mol. The molecule has 0 rings (SSSR count). The Bertz CT molecular complexity index is 104. The summed E-state index contributed by atoms with van der Waals surface area (Å²) in [5.41, 5.74) is 0. The van der Waals surface area contributed by atoms with Crippen molar-refractivity contribution >= 4 is 155 Å². The van der Waals surface area contributed by atoms with Gasteiger partial charge in [-0.05, 0) is 0 Å². The number of hydrogen-bond donors (Lipinski definition) is 0. The minimum absolute atomic E-state index is 0.306. The van der Waals surface area contributed by atoms with E-state index in [2.05, 4.69) is 117 Å². The molecule has 12 heavy (non-hydrogen) atoms. The molecule has 0 spiro atoms. The fraction of sp³-hybridized carbons (Fsp3) is 1.00. The predicted octanol–water partition coefficient (Wildman–Crippen LogP) is 9.91. The van der Waals surface area contributed by atoms with E-state index >= 15 is 0 Å². The van der Waals surface area contributed by atoms with E-state index in [0.29, 0.717) is 0 Å². The molecule has 0 aliphatic heterocycles. The summed E-state index contributed by atoms with van der Waals surface area (Å²) in [6, 6.07) is 0. The van der Waals surface area contributed by atoms with Crippen molar-refractivity contribution in [3.63, 3.8) is 0 Å². The van der Waals surface area contributed by atoms with E-state index in [4.69, 9.17) is 0 Å². The molecule has 0 heterocycles. The summed E-state index contributed by atoms with van der Waals surface area (Å²) in [6.45, 7) is 0. The summed E-state index contributed by atoms with van der Waals surface area (Å²) in [6.07, 6.45) is 0. The van der Waals surface area contributed by atoms with Gasteiger partial charge in [0, 0.05) is 0 Å². The Kier molecular flexibility index (Phi) is 19.5. The first-order chi connectivity index (χ1) is 5.37. The fourth-order valence-electron chi connectivity index (χ4n) is 0.118. The summed E-state index contributed by atoms with van der Waals surface area (Å²) >= 11 is 17.0. The molecule has 11 heteroatoms. The molecule has 0 radical (unpaired) electrons. The fourth-order valence-corrected chi connectivity index (χ4v) is 1130. The average molecular weight is 1410 g/mol. The zero-order valence-electron chi connectivity index (χ0n) is 5.16. The van der Waals surface area contributed by atoms with Gasteiger partial charge >= 0.3 is 160 Å². The van der Waals surface area contributed by atoms with Gasteiger partial charge in [-0.1, -0.05) is 0 Å². The summed E-state index contributed by atoms with van der Waals surface area (Å²) in [5, 5.41) is 0. The van der Waals surface area contributed by atoms with Crippen LogP contribution in [0, 0.1) is 0 Å². The Hall–Kier alpha value is 8.03. The third-order valence-electron chi connectivity index (χ3n) is 0.394. The topological polar surface area (TPSA) is 0 Å². The monoisotopic (exact) mass is 1410 g/mol. The van der Waals surface area contributed by atoms with Crippen LogP contribution in [0.15, 0.2) is 0 Å². The number of hydrogen-bond acceptors (Lipinski definition) is 0. The first-order valence-corrected chi connectivity index (χ1v) is 66.8. The molecule has 0 saturated carbocycles. The van der Waals surface area contributed by atoms with Crippen LogP contribution in [0.2, 0.25) is 0 Å². The molecule has 0 N–H and O–H groups in total. The molecular weight excluding hydrogens is 1410 g/mol. The van der Waals surface area contributed by atoms with Crippen molar-refractivity contribution in [1.82, 2.24) is 0 Å². The van der Waals surface area contributed by atoms with E-state index in [1.165, 1.54) is 0 Å². The van der Waals surface area contributed by atoms with Gasteiger partial charge in [-0.3, -0.25) is 0 Å². The SMILES string of the molecule is CI(I)I(I)I(I)I(I)I(I)I. The average Bonchev–Trinajstić information content (AvgIpc) is 2.00. The molecular formula is CH3I11. The van der Waals surface area contributed by atoms with Crippen LogP contribution in [-0.2, 0) is 0 Å². The standard InChI is InChI=1S/CH3I11/c1-8(2)10(5)12(7)11(6)9(3)4/h1H3. The van der Waals surface area contributed by atoms with Gasteiger partial charge in [0.25, 0.3) is 0 Å². The van der Waals surface area contributed by atoms with E-state index in [9.17, 15) is 0 Å². The maximum absolute atomic E-state index is 2.97. The Morgan fingerprint density at radius 3 is 1.33 bits per heavy atom. The van der Waals surface area contributed by atoms with Crippen LogP contribution in [0.4, 0.5) is 0 Å². The van der Waals surface area contributed by atoms with Crippen molar-refractivity contribution in [2.45, 2.75) is 0 Å². The van der Waals surface area contributed by atoms with Crippen molar-refractivity contribution in [2.75, 3.05) is 4.93 Å². The molecule has 0 nitrogen and oxygen atoms in total. The van der Waals surface area contributed by atoms with Gasteiger partial charge in [0.15, 0.2) is 0 Å². The quantitative estimate of drug-likeness (QED) is 0.195. The van der Waals surface area contributed by atoms with Crippen molar-refractivity contribution in [3.05, 3.63) is 0 Å². The van der Waals surface area contributed by atoms with Crippen molar-refractivity contribution in [2.24, 2.45) is 0 Å². The van der Waals surface area contributed by atoms with Gasteiger partial charge in [0.05, 0.1) is 0 Å². The maximum atomic E-state index is 2.97. The molecule has 0 bridgehead atoms. The molecule has 0 amide bonds. The summed E-state index contributed by atoms with van der Waals surface area (Å²) in [5.74, 6) is 0. The molecule has 0 aromatic heterocycles. The van der Waals surface area contributed by atoms with Gasteiger partial charge in [-0.2, -0.15) is 0 Å². The molecule has 0 aliphatic rings. The zero-order chi connectivity index (χ0) is 9.89. The van der Waals surface area contributed by atoms with Crippen molar-refractivity contribution in [3.8, 4) is 0 Å². The second kappa shape index (κ2) is 11.7. The summed E-state index contributed by atoms with van der Waals surface area (Å²) in [4.78, 5) is 2.60. The van der Waals surface area contributed by atoms with Crippen molar-refractivity contribution in [1.29, 1.82) is 0 Å². The first-order valence-electron chi connectivity index (χ1n) is 1.81. The second-order valence-electron chi connectivity index (χ2n) is 0.988. The van der Waals surface area contributed by atoms with Gasteiger partial charge in [-0.25, -0.2) is 0 Å². The second-order valence-corrected chi connectivity index (χ2v) is 225. The number of rotatable bonds is 4.